The third-order valence-electron chi connectivity index (χ3n) is 6.10. The van der Waals surface area contributed by atoms with Gasteiger partial charge in [0.2, 0.25) is 0 Å². The molecule has 0 fully saturated rings. The van der Waals surface area contributed by atoms with E-state index in [1.807, 2.05) is 20.8 Å². The van der Waals surface area contributed by atoms with Crippen molar-refractivity contribution in [2.24, 2.45) is 17.1 Å². The Bertz CT molecular complexity index is 938. The summed E-state index contributed by atoms with van der Waals surface area (Å²) >= 11 is 0. The van der Waals surface area contributed by atoms with E-state index in [0.717, 1.165) is 53.5 Å². The van der Waals surface area contributed by atoms with Gasteiger partial charge in [0.1, 0.15) is 6.07 Å². The first-order valence-corrected chi connectivity index (χ1v) is 9.42. The summed E-state index contributed by atoms with van der Waals surface area (Å²) in [6, 6.07) is 10.9. The highest BCUT2D eigenvalue weighted by atomic mass is 14.7. The van der Waals surface area contributed by atoms with E-state index in [-0.39, 0.29) is 17.5 Å². The largest absolute Gasteiger partial charge is 0.399 e. The summed E-state index contributed by atoms with van der Waals surface area (Å²) in [4.78, 5) is 0. The lowest BCUT2D eigenvalue weighted by molar-refractivity contribution is 0.326. The Morgan fingerprint density at radius 3 is 2.22 bits per heavy atom. The van der Waals surface area contributed by atoms with Crippen LogP contribution in [0.4, 0.5) is 0 Å². The molecule has 2 aliphatic carbocycles. The van der Waals surface area contributed by atoms with Crippen LogP contribution in [0.5, 0.6) is 0 Å². The average molecular weight is 356 g/mol. The fraction of sp³-hybridized carbons (Fsp3) is 0.435. The number of benzene rings is 1. The highest BCUT2D eigenvalue weighted by molar-refractivity contribution is 5.60. The molecule has 2 N–H and O–H groups in total. The minimum absolute atomic E-state index is 0.0474. The van der Waals surface area contributed by atoms with Crippen molar-refractivity contribution in [3.63, 3.8) is 0 Å². The normalized spacial score (nSPS) is 23.9. The van der Waals surface area contributed by atoms with Crippen molar-refractivity contribution in [3.05, 3.63) is 57.3 Å². The molecule has 0 saturated heterocycles. The minimum Gasteiger partial charge on any atom is -0.399 e. The lowest BCUT2D eigenvalue weighted by Crippen LogP contribution is -2.42. The van der Waals surface area contributed by atoms with Gasteiger partial charge >= 0.3 is 0 Å². The zero-order valence-corrected chi connectivity index (χ0v) is 16.1. The molecule has 3 rings (SSSR count). The topological polar surface area (TPSA) is 97.4 Å². The van der Waals surface area contributed by atoms with Crippen LogP contribution in [0, 0.1) is 66.1 Å². The van der Waals surface area contributed by atoms with Gasteiger partial charge in [-0.25, -0.2) is 0 Å². The SMILES string of the molecule is Cc1cc(C)c([C@@H]2[C@H]3CCCCC=C3C(C#N)=C(N)C2(C#N)C#N)c(C)c1. The quantitative estimate of drug-likeness (QED) is 0.795. The number of hydrogen-bond donors (Lipinski definition) is 1. The molecule has 2 aliphatic rings. The van der Waals surface area contributed by atoms with Crippen LogP contribution in [0.25, 0.3) is 0 Å². The molecule has 2 atom stereocenters. The van der Waals surface area contributed by atoms with E-state index in [2.05, 4.69) is 36.4 Å². The Morgan fingerprint density at radius 2 is 1.67 bits per heavy atom. The second-order valence-corrected chi connectivity index (χ2v) is 7.77. The number of aryl methyl sites for hydroxylation is 3. The summed E-state index contributed by atoms with van der Waals surface area (Å²) < 4.78 is 0. The molecule has 1 aromatic rings. The molecule has 136 valence electrons. The predicted octanol–water partition coefficient (Wildman–Crippen LogP) is 4.60. The number of hydrogen-bond acceptors (Lipinski definition) is 4. The summed E-state index contributed by atoms with van der Waals surface area (Å²) in [7, 11) is 0. The molecule has 4 nitrogen and oxygen atoms in total. The van der Waals surface area contributed by atoms with Gasteiger partial charge in [-0.2, -0.15) is 15.8 Å². The van der Waals surface area contributed by atoms with Gasteiger partial charge in [0.05, 0.1) is 23.4 Å². The Morgan fingerprint density at radius 1 is 1.04 bits per heavy atom. The zero-order chi connectivity index (χ0) is 19.8. The van der Waals surface area contributed by atoms with Gasteiger partial charge in [0, 0.05) is 5.92 Å². The molecule has 0 bridgehead atoms. The van der Waals surface area contributed by atoms with Gasteiger partial charge < -0.3 is 5.73 Å². The monoisotopic (exact) mass is 356 g/mol. The number of nitriles is 3. The Kier molecular flexibility index (Phi) is 4.82. The molecular weight excluding hydrogens is 332 g/mol. The Labute approximate surface area is 161 Å². The van der Waals surface area contributed by atoms with Gasteiger partial charge in [-0.1, -0.05) is 30.2 Å². The zero-order valence-electron chi connectivity index (χ0n) is 16.1. The third-order valence-corrected chi connectivity index (χ3v) is 6.10. The first kappa shape index (κ1) is 18.8. The second kappa shape index (κ2) is 6.94. The van der Waals surface area contributed by atoms with Crippen molar-refractivity contribution in [2.75, 3.05) is 0 Å². The van der Waals surface area contributed by atoms with Crippen LogP contribution in [0.2, 0.25) is 0 Å². The van der Waals surface area contributed by atoms with Gasteiger partial charge in [0.15, 0.2) is 5.41 Å². The first-order valence-electron chi connectivity index (χ1n) is 9.42. The van der Waals surface area contributed by atoms with E-state index in [1.54, 1.807) is 0 Å². The third kappa shape index (κ3) is 2.72. The molecule has 1 aromatic carbocycles. The van der Waals surface area contributed by atoms with Crippen molar-refractivity contribution < 1.29 is 0 Å². The molecule has 0 aliphatic heterocycles. The van der Waals surface area contributed by atoms with Gasteiger partial charge in [-0.3, -0.25) is 0 Å². The average Bonchev–Trinajstić information content (AvgIpc) is 2.87. The van der Waals surface area contributed by atoms with Crippen molar-refractivity contribution in [3.8, 4) is 18.2 Å². The Balaban J connectivity index is 2.41. The van der Waals surface area contributed by atoms with Gasteiger partial charge in [-0.15, -0.1) is 0 Å². The molecule has 27 heavy (non-hydrogen) atoms. The van der Waals surface area contributed by atoms with Crippen molar-refractivity contribution in [2.45, 2.75) is 52.4 Å². The molecule has 0 unspecified atom stereocenters. The van der Waals surface area contributed by atoms with Crippen molar-refractivity contribution >= 4 is 0 Å². The summed E-state index contributed by atoms with van der Waals surface area (Å²) in [5.41, 5.74) is 10.6. The molecule has 0 amide bonds. The van der Waals surface area contributed by atoms with E-state index in [4.69, 9.17) is 5.73 Å². The molecule has 4 heteroatoms. The molecule has 0 aromatic heterocycles. The van der Waals surface area contributed by atoms with E-state index in [9.17, 15) is 15.8 Å². The number of nitrogens with zero attached hydrogens (tertiary/aromatic N) is 3. The van der Waals surface area contributed by atoms with E-state index < -0.39 is 5.41 Å². The van der Waals surface area contributed by atoms with Crippen LogP contribution >= 0.6 is 0 Å². The summed E-state index contributed by atoms with van der Waals surface area (Å²) in [5, 5.41) is 30.0. The highest BCUT2D eigenvalue weighted by Crippen LogP contribution is 2.56. The van der Waals surface area contributed by atoms with Crippen LogP contribution < -0.4 is 5.73 Å². The predicted molar refractivity (Wildman–Crippen MR) is 104 cm³/mol. The highest BCUT2D eigenvalue weighted by Gasteiger charge is 2.54. The van der Waals surface area contributed by atoms with Crippen LogP contribution in [0.3, 0.4) is 0 Å². The molecule has 0 radical (unpaired) electrons. The van der Waals surface area contributed by atoms with Gasteiger partial charge in [-0.05, 0) is 68.2 Å². The minimum atomic E-state index is -1.53. The Hall–Kier alpha value is -3.03. The lowest BCUT2D eigenvalue weighted by atomic mass is 9.57. The van der Waals surface area contributed by atoms with Crippen LogP contribution in [0.15, 0.2) is 35.1 Å². The summed E-state index contributed by atoms with van der Waals surface area (Å²) in [6.45, 7) is 6.12. The van der Waals surface area contributed by atoms with Crippen LogP contribution in [-0.4, -0.2) is 0 Å². The smallest absolute Gasteiger partial charge is 0.191 e. The maximum absolute atomic E-state index is 10.1. The van der Waals surface area contributed by atoms with Crippen LogP contribution in [-0.2, 0) is 0 Å². The molecule has 0 heterocycles. The number of fused-ring (bicyclic) bond motifs is 1. The summed E-state index contributed by atoms with van der Waals surface area (Å²) in [5.74, 6) is -0.414. The van der Waals surface area contributed by atoms with Gasteiger partial charge in [0.25, 0.3) is 0 Å². The maximum atomic E-state index is 10.1. The standard InChI is InChI=1S/C23H24N4/c1-14-9-15(2)20(16(3)10-14)21-18-8-6-4-5-7-17(18)19(11-24)22(27)23(21,12-25)13-26/h7,9-10,18,21H,4-6,8,27H2,1-3H3/t18-,21-/m0/s1. The maximum Gasteiger partial charge on any atom is 0.191 e. The van der Waals surface area contributed by atoms with E-state index in [1.165, 1.54) is 0 Å². The van der Waals surface area contributed by atoms with E-state index in [0.29, 0.717) is 5.57 Å². The van der Waals surface area contributed by atoms with Crippen molar-refractivity contribution in [1.29, 1.82) is 15.8 Å². The lowest BCUT2D eigenvalue weighted by Gasteiger charge is -2.43. The fourth-order valence-corrected chi connectivity index (χ4v) is 5.04. The first-order chi connectivity index (χ1) is 12.9. The number of rotatable bonds is 1. The van der Waals surface area contributed by atoms with Crippen molar-refractivity contribution in [1.82, 2.24) is 0 Å². The number of allylic oxidation sites excluding steroid dienone is 4. The molecular formula is C23H24N4. The molecule has 0 spiro atoms. The summed E-state index contributed by atoms with van der Waals surface area (Å²) in [6.07, 6.45) is 5.91. The fourth-order valence-electron chi connectivity index (χ4n) is 5.04. The molecule has 0 saturated carbocycles. The number of nitrogens with two attached hydrogens (primary N) is 1. The van der Waals surface area contributed by atoms with E-state index >= 15 is 0 Å². The van der Waals surface area contributed by atoms with Crippen LogP contribution in [0.1, 0.15) is 53.9 Å². The second-order valence-electron chi connectivity index (χ2n) is 7.77.